The number of carbonyl (C=O) groups excluding carboxylic acids is 1. The van der Waals surface area contributed by atoms with Crippen LogP contribution in [-0.4, -0.2) is 31.8 Å². The van der Waals surface area contributed by atoms with Crippen LogP contribution >= 0.6 is 22.3 Å². The topological polar surface area (TPSA) is 54.5 Å². The Bertz CT molecular complexity index is 654. The summed E-state index contributed by atoms with van der Waals surface area (Å²) in [6.45, 7) is 4.71. The molecular weight excluding hydrogens is 333 g/mol. The van der Waals surface area contributed by atoms with E-state index in [9.17, 15) is 13.2 Å². The van der Waals surface area contributed by atoms with Gasteiger partial charge in [-0.25, -0.2) is 8.42 Å². The molecule has 7 heteroatoms. The van der Waals surface area contributed by atoms with Crippen LogP contribution in [-0.2, 0) is 9.05 Å². The summed E-state index contributed by atoms with van der Waals surface area (Å²) in [5.74, 6) is 0.139. The first kappa shape index (κ1) is 16.6. The van der Waals surface area contributed by atoms with Crippen molar-refractivity contribution in [2.24, 2.45) is 5.92 Å². The van der Waals surface area contributed by atoms with Gasteiger partial charge in [-0.15, -0.1) is 0 Å². The SMILES string of the molecule is CC(C)CN(C(=O)c1cc(Cl)cc(S(=O)(=O)Cl)c1)C1CC1. The van der Waals surface area contributed by atoms with Crippen LogP contribution in [0.5, 0.6) is 0 Å². The first-order valence-corrected chi connectivity index (χ1v) is 9.43. The second-order valence-corrected chi connectivity index (χ2v) is 8.70. The smallest absolute Gasteiger partial charge is 0.261 e. The number of rotatable bonds is 5. The summed E-state index contributed by atoms with van der Waals surface area (Å²) in [6.07, 6.45) is 1.97. The maximum absolute atomic E-state index is 12.6. The number of hydrogen-bond donors (Lipinski definition) is 0. The van der Waals surface area contributed by atoms with Crippen molar-refractivity contribution in [2.45, 2.75) is 37.6 Å². The number of halogens is 2. The normalized spacial score (nSPS) is 15.3. The lowest BCUT2D eigenvalue weighted by Crippen LogP contribution is -2.36. The van der Waals surface area contributed by atoms with Crippen molar-refractivity contribution in [2.75, 3.05) is 6.54 Å². The fourth-order valence-electron chi connectivity index (χ4n) is 2.17. The lowest BCUT2D eigenvalue weighted by Gasteiger charge is -2.24. The van der Waals surface area contributed by atoms with Gasteiger partial charge in [0.15, 0.2) is 0 Å². The molecule has 0 atom stereocenters. The zero-order valence-corrected chi connectivity index (χ0v) is 14.2. The Balaban J connectivity index is 2.35. The minimum absolute atomic E-state index is 0.152. The molecule has 2 rings (SSSR count). The van der Waals surface area contributed by atoms with E-state index in [1.165, 1.54) is 18.2 Å². The molecule has 1 aliphatic carbocycles. The second-order valence-electron chi connectivity index (χ2n) is 5.70. The van der Waals surface area contributed by atoms with Crippen molar-refractivity contribution in [1.29, 1.82) is 0 Å². The monoisotopic (exact) mass is 349 g/mol. The highest BCUT2D eigenvalue weighted by Gasteiger charge is 2.33. The van der Waals surface area contributed by atoms with Gasteiger partial charge in [-0.3, -0.25) is 4.79 Å². The van der Waals surface area contributed by atoms with Crippen LogP contribution in [0.25, 0.3) is 0 Å². The molecule has 1 saturated carbocycles. The molecule has 21 heavy (non-hydrogen) atoms. The fourth-order valence-corrected chi connectivity index (χ4v) is 3.27. The highest BCUT2D eigenvalue weighted by Crippen LogP contribution is 2.30. The van der Waals surface area contributed by atoms with Crippen LogP contribution in [0.15, 0.2) is 23.1 Å². The van der Waals surface area contributed by atoms with Crippen LogP contribution in [0.4, 0.5) is 0 Å². The van der Waals surface area contributed by atoms with Crippen molar-refractivity contribution >= 4 is 37.2 Å². The standard InChI is InChI=1S/C14H17Cl2NO3S/c1-9(2)8-17(12-3-4-12)14(18)10-5-11(15)7-13(6-10)21(16,19)20/h5-7,9,12H,3-4,8H2,1-2H3. The van der Waals surface area contributed by atoms with Crippen LogP contribution in [0.2, 0.25) is 5.02 Å². The van der Waals surface area contributed by atoms with Gasteiger partial charge >= 0.3 is 0 Å². The van der Waals surface area contributed by atoms with Gasteiger partial charge in [0.05, 0.1) is 4.90 Å². The van der Waals surface area contributed by atoms with E-state index in [-0.39, 0.29) is 27.4 Å². The van der Waals surface area contributed by atoms with Crippen molar-refractivity contribution in [1.82, 2.24) is 4.90 Å². The Morgan fingerprint density at radius 2 is 1.95 bits per heavy atom. The van der Waals surface area contributed by atoms with E-state index in [1.54, 1.807) is 4.90 Å². The number of benzene rings is 1. The van der Waals surface area contributed by atoms with Gasteiger partial charge in [0.2, 0.25) is 0 Å². The minimum Gasteiger partial charge on any atom is -0.335 e. The predicted octanol–water partition coefficient (Wildman–Crippen LogP) is 3.53. The van der Waals surface area contributed by atoms with Crippen LogP contribution in [0.1, 0.15) is 37.0 Å². The highest BCUT2D eigenvalue weighted by atomic mass is 35.7. The molecule has 0 spiro atoms. The molecule has 116 valence electrons. The van der Waals surface area contributed by atoms with E-state index in [0.29, 0.717) is 12.5 Å². The minimum atomic E-state index is -3.92. The second kappa shape index (κ2) is 6.15. The third-order valence-electron chi connectivity index (χ3n) is 3.21. The Hall–Kier alpha value is -0.780. The third-order valence-corrected chi connectivity index (χ3v) is 4.76. The van der Waals surface area contributed by atoms with E-state index < -0.39 is 9.05 Å². The van der Waals surface area contributed by atoms with E-state index in [0.717, 1.165) is 12.8 Å². The molecule has 1 fully saturated rings. The van der Waals surface area contributed by atoms with Crippen molar-refractivity contribution in [3.8, 4) is 0 Å². The number of carbonyl (C=O) groups is 1. The summed E-state index contributed by atoms with van der Waals surface area (Å²) >= 11 is 5.91. The summed E-state index contributed by atoms with van der Waals surface area (Å²) < 4.78 is 22.9. The maximum atomic E-state index is 12.6. The first-order valence-electron chi connectivity index (χ1n) is 6.74. The van der Waals surface area contributed by atoms with Gasteiger partial charge in [-0.05, 0) is 37.0 Å². The molecule has 1 amide bonds. The van der Waals surface area contributed by atoms with E-state index in [2.05, 4.69) is 0 Å². The summed E-state index contributed by atoms with van der Waals surface area (Å²) in [6, 6.07) is 4.25. The molecule has 1 aliphatic rings. The number of hydrogen-bond acceptors (Lipinski definition) is 3. The van der Waals surface area contributed by atoms with E-state index in [4.69, 9.17) is 22.3 Å². The quantitative estimate of drug-likeness (QED) is 0.764. The summed E-state index contributed by atoms with van der Waals surface area (Å²) in [4.78, 5) is 14.3. The number of nitrogens with zero attached hydrogens (tertiary/aromatic N) is 1. The highest BCUT2D eigenvalue weighted by molar-refractivity contribution is 8.13. The van der Waals surface area contributed by atoms with Gasteiger partial charge < -0.3 is 4.90 Å². The zero-order valence-electron chi connectivity index (χ0n) is 11.8. The summed E-state index contributed by atoms with van der Waals surface area (Å²) in [5, 5.41) is 0.181. The molecule has 4 nitrogen and oxygen atoms in total. The van der Waals surface area contributed by atoms with Crippen LogP contribution in [0.3, 0.4) is 0 Å². The summed E-state index contributed by atoms with van der Waals surface area (Å²) in [7, 11) is 1.42. The molecule has 1 aromatic rings. The zero-order chi connectivity index (χ0) is 15.8. The number of amides is 1. The first-order chi connectivity index (χ1) is 9.68. The lowest BCUT2D eigenvalue weighted by molar-refractivity contribution is 0.0722. The fraction of sp³-hybridized carbons (Fsp3) is 0.500. The van der Waals surface area contributed by atoms with Gasteiger partial charge in [0.25, 0.3) is 15.0 Å². The Kier molecular flexibility index (Phi) is 4.85. The van der Waals surface area contributed by atoms with Crippen molar-refractivity contribution in [3.05, 3.63) is 28.8 Å². The van der Waals surface area contributed by atoms with Crippen molar-refractivity contribution in [3.63, 3.8) is 0 Å². The predicted molar refractivity (Wildman–Crippen MR) is 83.4 cm³/mol. The van der Waals surface area contributed by atoms with Crippen LogP contribution < -0.4 is 0 Å². The molecule has 0 radical (unpaired) electrons. The molecule has 0 unspecified atom stereocenters. The molecule has 0 N–H and O–H groups in total. The Labute approximate surface area is 134 Å². The van der Waals surface area contributed by atoms with E-state index in [1.807, 2.05) is 13.8 Å². The maximum Gasteiger partial charge on any atom is 0.261 e. The average molecular weight is 350 g/mol. The largest absolute Gasteiger partial charge is 0.335 e. The summed E-state index contributed by atoms with van der Waals surface area (Å²) in [5.41, 5.74) is 0.259. The van der Waals surface area contributed by atoms with Gasteiger partial charge in [-0.2, -0.15) is 0 Å². The average Bonchev–Trinajstić information content (AvgIpc) is 3.17. The Morgan fingerprint density at radius 1 is 1.33 bits per heavy atom. The molecule has 0 bridgehead atoms. The Morgan fingerprint density at radius 3 is 2.43 bits per heavy atom. The van der Waals surface area contributed by atoms with Crippen molar-refractivity contribution < 1.29 is 13.2 Å². The van der Waals surface area contributed by atoms with Crippen LogP contribution in [0, 0.1) is 5.92 Å². The third kappa shape index (κ3) is 4.34. The molecule has 0 saturated heterocycles. The van der Waals surface area contributed by atoms with Gasteiger partial charge in [0.1, 0.15) is 0 Å². The molecule has 1 aromatic carbocycles. The van der Waals surface area contributed by atoms with E-state index >= 15 is 0 Å². The molecule has 0 heterocycles. The van der Waals surface area contributed by atoms with Gasteiger partial charge in [0, 0.05) is 33.9 Å². The molecular formula is C14H17Cl2NO3S. The molecule has 0 aliphatic heterocycles. The molecule has 0 aromatic heterocycles. The lowest BCUT2D eigenvalue weighted by atomic mass is 10.1. The van der Waals surface area contributed by atoms with Gasteiger partial charge in [-0.1, -0.05) is 25.4 Å².